The van der Waals surface area contributed by atoms with Gasteiger partial charge in [0, 0.05) is 11.4 Å². The number of amides is 1. The number of nitriles is 1. The van der Waals surface area contributed by atoms with Crippen LogP contribution in [0, 0.1) is 17.1 Å². The Morgan fingerprint density at radius 2 is 1.90 bits per heavy atom. The molecule has 0 bridgehead atoms. The van der Waals surface area contributed by atoms with Crippen LogP contribution in [0.1, 0.15) is 5.56 Å². The van der Waals surface area contributed by atoms with Crippen molar-refractivity contribution in [2.75, 3.05) is 17.2 Å². The van der Waals surface area contributed by atoms with Crippen LogP contribution >= 0.6 is 0 Å². The highest BCUT2D eigenvalue weighted by Gasteiger charge is 2.03. The minimum Gasteiger partial charge on any atom is -0.376 e. The van der Waals surface area contributed by atoms with E-state index in [4.69, 9.17) is 5.26 Å². The fourth-order valence-electron chi connectivity index (χ4n) is 1.65. The second-order valence-electron chi connectivity index (χ2n) is 4.10. The van der Waals surface area contributed by atoms with E-state index >= 15 is 0 Å². The Balaban J connectivity index is 1.91. The van der Waals surface area contributed by atoms with Gasteiger partial charge in [-0.05, 0) is 36.4 Å². The van der Waals surface area contributed by atoms with Crippen molar-refractivity contribution in [1.29, 1.82) is 5.26 Å². The standard InChI is InChI=1S/C15H12FN3O/c16-12-4-2-5-13(8-12)18-10-15(20)19-14-6-1-3-11(7-14)9-17/h1-8,18H,10H2,(H,19,20). The van der Waals surface area contributed by atoms with Gasteiger partial charge in [-0.1, -0.05) is 12.1 Å². The van der Waals surface area contributed by atoms with Gasteiger partial charge in [-0.15, -0.1) is 0 Å². The quantitative estimate of drug-likeness (QED) is 0.897. The van der Waals surface area contributed by atoms with E-state index in [0.29, 0.717) is 16.9 Å². The summed E-state index contributed by atoms with van der Waals surface area (Å²) in [6, 6.07) is 14.5. The summed E-state index contributed by atoms with van der Waals surface area (Å²) in [5.41, 5.74) is 1.56. The molecular formula is C15H12FN3O. The van der Waals surface area contributed by atoms with E-state index in [1.54, 1.807) is 36.4 Å². The number of rotatable bonds is 4. The second kappa shape index (κ2) is 6.34. The Labute approximate surface area is 115 Å². The van der Waals surface area contributed by atoms with E-state index in [1.165, 1.54) is 12.1 Å². The van der Waals surface area contributed by atoms with Crippen LogP contribution in [0.2, 0.25) is 0 Å². The summed E-state index contributed by atoms with van der Waals surface area (Å²) >= 11 is 0. The lowest BCUT2D eigenvalue weighted by molar-refractivity contribution is -0.114. The van der Waals surface area contributed by atoms with Crippen molar-refractivity contribution >= 4 is 17.3 Å². The molecule has 0 saturated carbocycles. The maximum absolute atomic E-state index is 13.0. The lowest BCUT2D eigenvalue weighted by atomic mass is 10.2. The van der Waals surface area contributed by atoms with Crippen molar-refractivity contribution in [2.24, 2.45) is 0 Å². The number of nitrogens with zero attached hydrogens (tertiary/aromatic N) is 1. The highest BCUT2D eigenvalue weighted by Crippen LogP contribution is 2.11. The molecule has 0 atom stereocenters. The molecule has 0 unspecified atom stereocenters. The van der Waals surface area contributed by atoms with Crippen LogP contribution in [0.15, 0.2) is 48.5 Å². The zero-order valence-corrected chi connectivity index (χ0v) is 10.6. The number of hydrogen-bond donors (Lipinski definition) is 2. The van der Waals surface area contributed by atoms with E-state index in [-0.39, 0.29) is 18.3 Å². The number of carbonyl (C=O) groups excluding carboxylic acids is 1. The van der Waals surface area contributed by atoms with Crippen molar-refractivity contribution in [2.45, 2.75) is 0 Å². The zero-order valence-electron chi connectivity index (χ0n) is 10.6. The summed E-state index contributed by atoms with van der Waals surface area (Å²) in [4.78, 5) is 11.7. The Hall–Kier alpha value is -2.87. The molecule has 0 aromatic heterocycles. The third kappa shape index (κ3) is 3.82. The lowest BCUT2D eigenvalue weighted by Crippen LogP contribution is -2.21. The van der Waals surface area contributed by atoms with Gasteiger partial charge >= 0.3 is 0 Å². The van der Waals surface area contributed by atoms with Gasteiger partial charge in [-0.25, -0.2) is 4.39 Å². The molecule has 20 heavy (non-hydrogen) atoms. The number of carbonyl (C=O) groups is 1. The number of nitrogens with one attached hydrogen (secondary N) is 2. The van der Waals surface area contributed by atoms with Gasteiger partial charge in [0.05, 0.1) is 18.2 Å². The van der Waals surface area contributed by atoms with E-state index in [2.05, 4.69) is 10.6 Å². The number of hydrogen-bond acceptors (Lipinski definition) is 3. The predicted molar refractivity (Wildman–Crippen MR) is 74.7 cm³/mol. The predicted octanol–water partition coefficient (Wildman–Crippen LogP) is 2.75. The Morgan fingerprint density at radius 1 is 1.15 bits per heavy atom. The SMILES string of the molecule is N#Cc1cccc(NC(=O)CNc2cccc(F)c2)c1. The van der Waals surface area contributed by atoms with Gasteiger partial charge in [-0.3, -0.25) is 4.79 Å². The summed E-state index contributed by atoms with van der Waals surface area (Å²) in [5, 5.41) is 14.2. The van der Waals surface area contributed by atoms with Crippen molar-refractivity contribution < 1.29 is 9.18 Å². The van der Waals surface area contributed by atoms with Crippen molar-refractivity contribution in [3.05, 3.63) is 59.9 Å². The molecule has 0 aliphatic rings. The van der Waals surface area contributed by atoms with Gasteiger partial charge in [-0.2, -0.15) is 5.26 Å². The van der Waals surface area contributed by atoms with Crippen molar-refractivity contribution in [1.82, 2.24) is 0 Å². The average Bonchev–Trinajstić information content (AvgIpc) is 2.45. The molecule has 100 valence electrons. The largest absolute Gasteiger partial charge is 0.376 e. The molecule has 5 heteroatoms. The second-order valence-corrected chi connectivity index (χ2v) is 4.10. The molecule has 0 saturated heterocycles. The van der Waals surface area contributed by atoms with Gasteiger partial charge in [0.2, 0.25) is 5.91 Å². The van der Waals surface area contributed by atoms with Crippen LogP contribution in [0.4, 0.5) is 15.8 Å². The van der Waals surface area contributed by atoms with Crippen molar-refractivity contribution in [3.8, 4) is 6.07 Å². The molecule has 1 amide bonds. The van der Waals surface area contributed by atoms with Gasteiger partial charge in [0.15, 0.2) is 0 Å². The molecule has 0 aliphatic heterocycles. The fourth-order valence-corrected chi connectivity index (χ4v) is 1.65. The zero-order chi connectivity index (χ0) is 14.4. The highest BCUT2D eigenvalue weighted by molar-refractivity contribution is 5.93. The molecule has 0 aliphatic carbocycles. The molecule has 2 aromatic rings. The smallest absolute Gasteiger partial charge is 0.243 e. The summed E-state index contributed by atoms with van der Waals surface area (Å²) in [7, 11) is 0. The number of anilines is 2. The van der Waals surface area contributed by atoms with E-state index < -0.39 is 0 Å². The first-order valence-corrected chi connectivity index (χ1v) is 5.97. The normalized spacial score (nSPS) is 9.60. The summed E-state index contributed by atoms with van der Waals surface area (Å²) < 4.78 is 13.0. The molecule has 0 spiro atoms. The molecule has 2 rings (SSSR count). The van der Waals surface area contributed by atoms with Crippen molar-refractivity contribution in [3.63, 3.8) is 0 Å². The molecule has 4 nitrogen and oxygen atoms in total. The third-order valence-corrected chi connectivity index (χ3v) is 2.55. The first kappa shape index (κ1) is 13.6. The van der Waals surface area contributed by atoms with Gasteiger partial charge < -0.3 is 10.6 Å². The fraction of sp³-hybridized carbons (Fsp3) is 0.0667. The first-order valence-electron chi connectivity index (χ1n) is 5.97. The average molecular weight is 269 g/mol. The minimum atomic E-state index is -0.364. The summed E-state index contributed by atoms with van der Waals surface area (Å²) in [6.45, 7) is 0.0141. The molecule has 2 aromatic carbocycles. The molecule has 0 heterocycles. The molecule has 2 N–H and O–H groups in total. The Morgan fingerprint density at radius 3 is 2.65 bits per heavy atom. The maximum atomic E-state index is 13.0. The summed E-state index contributed by atoms with van der Waals surface area (Å²) in [5.74, 6) is -0.638. The number of benzene rings is 2. The van der Waals surface area contributed by atoms with Crippen LogP contribution in [0.3, 0.4) is 0 Å². The molecule has 0 radical (unpaired) electrons. The van der Waals surface area contributed by atoms with Gasteiger partial charge in [0.1, 0.15) is 5.82 Å². The molecular weight excluding hydrogens is 257 g/mol. The maximum Gasteiger partial charge on any atom is 0.243 e. The summed E-state index contributed by atoms with van der Waals surface area (Å²) in [6.07, 6.45) is 0. The first-order chi connectivity index (χ1) is 9.67. The monoisotopic (exact) mass is 269 g/mol. The Bertz CT molecular complexity index is 664. The van der Waals surface area contributed by atoms with Crippen LogP contribution < -0.4 is 10.6 Å². The Kier molecular flexibility index (Phi) is 4.30. The van der Waals surface area contributed by atoms with Crippen LogP contribution in [0.25, 0.3) is 0 Å². The van der Waals surface area contributed by atoms with Crippen LogP contribution in [-0.2, 0) is 4.79 Å². The topological polar surface area (TPSA) is 64.9 Å². The lowest BCUT2D eigenvalue weighted by Gasteiger charge is -2.08. The van der Waals surface area contributed by atoms with Crippen LogP contribution in [0.5, 0.6) is 0 Å². The van der Waals surface area contributed by atoms with E-state index in [0.717, 1.165) is 0 Å². The minimum absolute atomic E-state index is 0.0141. The van der Waals surface area contributed by atoms with E-state index in [9.17, 15) is 9.18 Å². The van der Waals surface area contributed by atoms with Gasteiger partial charge in [0.25, 0.3) is 0 Å². The highest BCUT2D eigenvalue weighted by atomic mass is 19.1. The third-order valence-electron chi connectivity index (χ3n) is 2.55. The van der Waals surface area contributed by atoms with E-state index in [1.807, 2.05) is 6.07 Å². The number of halogens is 1. The molecule has 0 fully saturated rings. The van der Waals surface area contributed by atoms with Crippen LogP contribution in [-0.4, -0.2) is 12.5 Å².